The van der Waals surface area contributed by atoms with Crippen molar-refractivity contribution in [3.8, 4) is 0 Å². The minimum Gasteiger partial charge on any atom is -0.319 e. The highest BCUT2D eigenvalue weighted by Crippen LogP contribution is 2.20. The third-order valence-electron chi connectivity index (χ3n) is 3.53. The summed E-state index contributed by atoms with van der Waals surface area (Å²) in [4.78, 5) is 16.8. The molecule has 1 N–H and O–H groups in total. The molecule has 3 aromatic rings. The lowest BCUT2D eigenvalue weighted by molar-refractivity contribution is 0.102. The second kappa shape index (κ2) is 5.60. The van der Waals surface area contributed by atoms with Gasteiger partial charge in [0.2, 0.25) is 0 Å². The molecule has 0 fully saturated rings. The predicted molar refractivity (Wildman–Crippen MR) is 87.0 cm³/mol. The van der Waals surface area contributed by atoms with Crippen LogP contribution in [0.25, 0.3) is 10.9 Å². The number of aryl methyl sites for hydroxylation is 1. The van der Waals surface area contributed by atoms with E-state index >= 15 is 0 Å². The van der Waals surface area contributed by atoms with Crippen molar-refractivity contribution in [1.82, 2.24) is 14.8 Å². The summed E-state index contributed by atoms with van der Waals surface area (Å²) in [6, 6.07) is 7.90. The molecule has 0 aliphatic heterocycles. The summed E-state index contributed by atoms with van der Waals surface area (Å²) < 4.78 is 1.81. The zero-order valence-electron chi connectivity index (χ0n) is 12.9. The van der Waals surface area contributed by atoms with Gasteiger partial charge in [-0.3, -0.25) is 14.5 Å². The van der Waals surface area contributed by atoms with Crippen molar-refractivity contribution in [2.24, 2.45) is 0 Å². The van der Waals surface area contributed by atoms with Gasteiger partial charge in [-0.1, -0.05) is 11.6 Å². The van der Waals surface area contributed by atoms with Gasteiger partial charge in [-0.2, -0.15) is 5.10 Å². The number of hydrogen-bond acceptors (Lipinski definition) is 3. The predicted octanol–water partition coefficient (Wildman–Crippen LogP) is 3.57. The SMILES string of the molecule is Cc1ccc2nccc(C(=O)Nc3cnn(C(C)C)c3)c2c1. The van der Waals surface area contributed by atoms with Crippen LogP contribution in [0, 0.1) is 6.92 Å². The van der Waals surface area contributed by atoms with E-state index in [-0.39, 0.29) is 11.9 Å². The standard InChI is InChI=1S/C17H18N4O/c1-11(2)21-10-13(9-19-21)20-17(22)14-6-7-18-16-5-4-12(3)8-15(14)16/h4-11H,1-3H3,(H,20,22). The van der Waals surface area contributed by atoms with E-state index < -0.39 is 0 Å². The highest BCUT2D eigenvalue weighted by Gasteiger charge is 2.12. The molecule has 5 nitrogen and oxygen atoms in total. The Labute approximate surface area is 129 Å². The first kappa shape index (κ1) is 14.3. The van der Waals surface area contributed by atoms with Crippen molar-refractivity contribution < 1.29 is 4.79 Å². The summed E-state index contributed by atoms with van der Waals surface area (Å²) in [5, 5.41) is 7.98. The van der Waals surface area contributed by atoms with Gasteiger partial charge in [0.05, 0.1) is 23.0 Å². The third-order valence-corrected chi connectivity index (χ3v) is 3.53. The second-order valence-electron chi connectivity index (χ2n) is 5.64. The Kier molecular flexibility index (Phi) is 3.63. The van der Waals surface area contributed by atoms with E-state index in [1.165, 1.54) is 0 Å². The molecular weight excluding hydrogens is 276 g/mol. The highest BCUT2D eigenvalue weighted by atomic mass is 16.1. The van der Waals surface area contributed by atoms with Crippen LogP contribution in [0.15, 0.2) is 42.9 Å². The number of carbonyl (C=O) groups is 1. The van der Waals surface area contributed by atoms with Crippen LogP contribution in [0.2, 0.25) is 0 Å². The summed E-state index contributed by atoms with van der Waals surface area (Å²) in [5.41, 5.74) is 3.22. The number of nitrogens with zero attached hydrogens (tertiary/aromatic N) is 3. The summed E-state index contributed by atoms with van der Waals surface area (Å²) in [6.45, 7) is 6.08. The number of aromatic nitrogens is 3. The maximum absolute atomic E-state index is 12.5. The summed E-state index contributed by atoms with van der Waals surface area (Å²) >= 11 is 0. The van der Waals surface area contributed by atoms with Gasteiger partial charge < -0.3 is 5.32 Å². The largest absolute Gasteiger partial charge is 0.319 e. The molecule has 0 bridgehead atoms. The average molecular weight is 294 g/mol. The van der Waals surface area contributed by atoms with E-state index in [0.29, 0.717) is 11.3 Å². The maximum atomic E-state index is 12.5. The molecule has 0 aliphatic carbocycles. The lowest BCUT2D eigenvalue weighted by Crippen LogP contribution is -2.12. The summed E-state index contributed by atoms with van der Waals surface area (Å²) in [6.07, 6.45) is 5.15. The van der Waals surface area contributed by atoms with Crippen LogP contribution < -0.4 is 5.32 Å². The topological polar surface area (TPSA) is 59.8 Å². The zero-order valence-corrected chi connectivity index (χ0v) is 12.9. The number of carbonyl (C=O) groups excluding carboxylic acids is 1. The second-order valence-corrected chi connectivity index (χ2v) is 5.64. The molecule has 3 rings (SSSR count). The molecule has 0 unspecified atom stereocenters. The first-order valence-corrected chi connectivity index (χ1v) is 7.25. The molecule has 1 aromatic carbocycles. The van der Waals surface area contributed by atoms with Crippen LogP contribution in [0.3, 0.4) is 0 Å². The number of nitrogens with one attached hydrogen (secondary N) is 1. The van der Waals surface area contributed by atoms with Gasteiger partial charge >= 0.3 is 0 Å². The van der Waals surface area contributed by atoms with Crippen molar-refractivity contribution in [2.45, 2.75) is 26.8 Å². The van der Waals surface area contributed by atoms with E-state index in [2.05, 4.69) is 15.4 Å². The zero-order chi connectivity index (χ0) is 15.7. The van der Waals surface area contributed by atoms with Gasteiger partial charge in [0.15, 0.2) is 0 Å². The van der Waals surface area contributed by atoms with Crippen molar-refractivity contribution in [3.05, 3.63) is 54.0 Å². The summed E-state index contributed by atoms with van der Waals surface area (Å²) in [7, 11) is 0. The Morgan fingerprint density at radius 3 is 2.82 bits per heavy atom. The van der Waals surface area contributed by atoms with Crippen LogP contribution in [0.4, 0.5) is 5.69 Å². The first-order chi connectivity index (χ1) is 10.5. The average Bonchev–Trinajstić information content (AvgIpc) is 2.95. The van der Waals surface area contributed by atoms with Gasteiger partial charge in [-0.25, -0.2) is 0 Å². The number of hydrogen-bond donors (Lipinski definition) is 1. The van der Waals surface area contributed by atoms with Crippen molar-refractivity contribution in [2.75, 3.05) is 5.32 Å². The Balaban J connectivity index is 1.93. The Hall–Kier alpha value is -2.69. The Bertz CT molecular complexity index is 836. The van der Waals surface area contributed by atoms with Crippen LogP contribution in [-0.2, 0) is 0 Å². The molecule has 1 amide bonds. The van der Waals surface area contributed by atoms with E-state index in [4.69, 9.17) is 0 Å². The van der Waals surface area contributed by atoms with Crippen LogP contribution in [0.1, 0.15) is 35.8 Å². The van der Waals surface area contributed by atoms with Gasteiger partial charge in [0.1, 0.15) is 0 Å². The fourth-order valence-corrected chi connectivity index (χ4v) is 2.34. The molecule has 0 saturated heterocycles. The molecule has 0 atom stereocenters. The number of rotatable bonds is 3. The quantitative estimate of drug-likeness (QED) is 0.803. The van der Waals surface area contributed by atoms with E-state index in [1.807, 2.05) is 49.8 Å². The van der Waals surface area contributed by atoms with Crippen molar-refractivity contribution >= 4 is 22.5 Å². The van der Waals surface area contributed by atoms with Crippen molar-refractivity contribution in [3.63, 3.8) is 0 Å². The van der Waals surface area contributed by atoms with E-state index in [0.717, 1.165) is 16.5 Å². The molecule has 0 saturated carbocycles. The van der Waals surface area contributed by atoms with Gasteiger partial charge in [0.25, 0.3) is 5.91 Å². The monoisotopic (exact) mass is 294 g/mol. The van der Waals surface area contributed by atoms with Gasteiger partial charge in [0, 0.05) is 23.8 Å². The minimum atomic E-state index is -0.152. The fraction of sp³-hybridized carbons (Fsp3) is 0.235. The van der Waals surface area contributed by atoms with Crippen LogP contribution in [0.5, 0.6) is 0 Å². The molecule has 2 heterocycles. The highest BCUT2D eigenvalue weighted by molar-refractivity contribution is 6.12. The van der Waals surface area contributed by atoms with Crippen molar-refractivity contribution in [1.29, 1.82) is 0 Å². The number of fused-ring (bicyclic) bond motifs is 1. The third kappa shape index (κ3) is 2.70. The van der Waals surface area contributed by atoms with E-state index in [1.54, 1.807) is 18.5 Å². The number of benzene rings is 1. The molecule has 2 aromatic heterocycles. The molecular formula is C17H18N4O. The maximum Gasteiger partial charge on any atom is 0.256 e. The van der Waals surface area contributed by atoms with Crippen LogP contribution in [-0.4, -0.2) is 20.7 Å². The molecule has 0 spiro atoms. The lowest BCUT2D eigenvalue weighted by Gasteiger charge is -2.07. The fourth-order valence-electron chi connectivity index (χ4n) is 2.34. The normalized spacial score (nSPS) is 11.1. The summed E-state index contributed by atoms with van der Waals surface area (Å²) in [5.74, 6) is -0.152. The van der Waals surface area contributed by atoms with Crippen LogP contribution >= 0.6 is 0 Å². The van der Waals surface area contributed by atoms with Gasteiger partial charge in [-0.15, -0.1) is 0 Å². The Morgan fingerprint density at radius 2 is 2.09 bits per heavy atom. The first-order valence-electron chi connectivity index (χ1n) is 7.25. The lowest BCUT2D eigenvalue weighted by atomic mass is 10.1. The smallest absolute Gasteiger partial charge is 0.256 e. The minimum absolute atomic E-state index is 0.152. The number of anilines is 1. The molecule has 0 radical (unpaired) electrons. The number of pyridine rings is 1. The molecule has 112 valence electrons. The molecule has 22 heavy (non-hydrogen) atoms. The Morgan fingerprint density at radius 1 is 1.27 bits per heavy atom. The molecule has 5 heteroatoms. The number of amides is 1. The van der Waals surface area contributed by atoms with E-state index in [9.17, 15) is 4.79 Å². The van der Waals surface area contributed by atoms with Gasteiger partial charge in [-0.05, 0) is 39.0 Å². The molecule has 0 aliphatic rings.